The van der Waals surface area contributed by atoms with Crippen LogP contribution in [-0.4, -0.2) is 56.8 Å². The third kappa shape index (κ3) is 3.97. The van der Waals surface area contributed by atoms with Gasteiger partial charge >= 0.3 is 0 Å². The number of pyridine rings is 1. The number of benzene rings is 1. The minimum Gasteiger partial charge on any atom is -0.379 e. The Morgan fingerprint density at radius 2 is 1.80 bits per heavy atom. The van der Waals surface area contributed by atoms with Gasteiger partial charge in [0.1, 0.15) is 6.33 Å². The van der Waals surface area contributed by atoms with Crippen molar-refractivity contribution >= 4 is 16.6 Å². The van der Waals surface area contributed by atoms with Crippen molar-refractivity contribution < 1.29 is 4.74 Å². The molecule has 4 heterocycles. The van der Waals surface area contributed by atoms with Crippen LogP contribution in [0.2, 0.25) is 0 Å². The van der Waals surface area contributed by atoms with E-state index < -0.39 is 0 Å². The van der Waals surface area contributed by atoms with Gasteiger partial charge in [-0.1, -0.05) is 19.9 Å². The molecule has 1 aliphatic heterocycles. The molecule has 0 unspecified atom stereocenters. The van der Waals surface area contributed by atoms with Crippen molar-refractivity contribution in [3.63, 3.8) is 0 Å². The van der Waals surface area contributed by atoms with Crippen LogP contribution in [0.4, 0.5) is 0 Å². The Labute approximate surface area is 207 Å². The maximum Gasteiger partial charge on any atom is 0.158 e. The highest BCUT2D eigenvalue weighted by Gasteiger charge is 2.28. The van der Waals surface area contributed by atoms with Gasteiger partial charge in [0, 0.05) is 41.8 Å². The average molecular weight is 472 g/mol. The monoisotopic (exact) mass is 471 g/mol. The van der Waals surface area contributed by atoms with Crippen LogP contribution in [0.5, 0.6) is 0 Å². The molecule has 4 aromatic rings. The fourth-order valence-electron chi connectivity index (χ4n) is 6.47. The number of aromatic nitrogens is 4. The van der Waals surface area contributed by atoms with Crippen molar-refractivity contribution in [3.8, 4) is 11.3 Å². The van der Waals surface area contributed by atoms with Crippen LogP contribution in [0.3, 0.4) is 0 Å². The van der Waals surface area contributed by atoms with E-state index >= 15 is 0 Å². The summed E-state index contributed by atoms with van der Waals surface area (Å²) in [4.78, 5) is 10.9. The van der Waals surface area contributed by atoms with Gasteiger partial charge in [0.2, 0.25) is 0 Å². The lowest BCUT2D eigenvalue weighted by molar-refractivity contribution is 0.00730. The van der Waals surface area contributed by atoms with Crippen LogP contribution in [0.1, 0.15) is 73.6 Å². The summed E-state index contributed by atoms with van der Waals surface area (Å²) in [5.41, 5.74) is 9.96. The first-order chi connectivity index (χ1) is 17.0. The van der Waals surface area contributed by atoms with Gasteiger partial charge in [-0.25, -0.2) is 9.50 Å². The number of H-pyrrole nitrogens is 1. The molecule has 35 heavy (non-hydrogen) atoms. The molecule has 0 radical (unpaired) electrons. The summed E-state index contributed by atoms with van der Waals surface area (Å²) < 4.78 is 7.47. The molecule has 1 aliphatic carbocycles. The Balaban J connectivity index is 1.34. The lowest BCUT2D eigenvalue weighted by atomic mass is 9.80. The molecule has 0 spiro atoms. The second kappa shape index (κ2) is 9.07. The van der Waals surface area contributed by atoms with E-state index in [2.05, 4.69) is 72.1 Å². The summed E-state index contributed by atoms with van der Waals surface area (Å²) in [6.45, 7) is 13.0. The molecular weight excluding hydrogens is 434 g/mol. The normalized spacial score (nSPS) is 22.0. The minimum atomic E-state index is 0.414. The van der Waals surface area contributed by atoms with Crippen LogP contribution >= 0.6 is 0 Å². The standard InChI is InChI=1S/C29H37N5O/c1-18(2)27-24-15-22(21-5-8-23(9-6-21)33-11-13-35-14-12-33)7-10-26(24)32-28(27)25-16-34-29(30-17-31-34)20(4)19(25)3/h7,10,15-18,21,23,32H,5-6,8-9,11-14H2,1-4H3. The van der Waals surface area contributed by atoms with E-state index in [-0.39, 0.29) is 0 Å². The van der Waals surface area contributed by atoms with Gasteiger partial charge in [-0.15, -0.1) is 0 Å². The Morgan fingerprint density at radius 3 is 2.54 bits per heavy atom. The van der Waals surface area contributed by atoms with Crippen LogP contribution in [0.15, 0.2) is 30.7 Å². The van der Waals surface area contributed by atoms with E-state index in [0.29, 0.717) is 11.8 Å². The summed E-state index contributed by atoms with van der Waals surface area (Å²) in [5.74, 6) is 1.07. The Kier molecular flexibility index (Phi) is 5.89. The number of hydrogen-bond acceptors (Lipinski definition) is 4. The van der Waals surface area contributed by atoms with E-state index in [1.165, 1.54) is 70.1 Å². The van der Waals surface area contributed by atoms with Gasteiger partial charge in [0.25, 0.3) is 0 Å². The van der Waals surface area contributed by atoms with Crippen LogP contribution in [-0.2, 0) is 4.74 Å². The molecule has 6 heteroatoms. The largest absolute Gasteiger partial charge is 0.379 e. The zero-order chi connectivity index (χ0) is 24.1. The van der Waals surface area contributed by atoms with E-state index in [1.54, 1.807) is 6.33 Å². The zero-order valence-corrected chi connectivity index (χ0v) is 21.5. The van der Waals surface area contributed by atoms with Crippen molar-refractivity contribution in [3.05, 3.63) is 53.0 Å². The maximum atomic E-state index is 5.56. The molecular formula is C29H37N5O. The van der Waals surface area contributed by atoms with Crippen molar-refractivity contribution in [2.45, 2.75) is 71.3 Å². The number of aromatic amines is 1. The predicted octanol–water partition coefficient (Wildman–Crippen LogP) is 5.98. The third-order valence-corrected chi connectivity index (χ3v) is 8.57. The van der Waals surface area contributed by atoms with Gasteiger partial charge < -0.3 is 9.72 Å². The summed E-state index contributed by atoms with van der Waals surface area (Å²) in [6, 6.07) is 7.90. The molecule has 1 saturated carbocycles. The molecule has 1 aromatic carbocycles. The number of ether oxygens (including phenoxy) is 1. The highest BCUT2D eigenvalue weighted by atomic mass is 16.5. The lowest BCUT2D eigenvalue weighted by Gasteiger charge is -2.38. The quantitative estimate of drug-likeness (QED) is 0.398. The SMILES string of the molecule is Cc1c(-c2[nH]c3ccc(C4CCC(N5CCOCC5)CC4)cc3c2C(C)C)cn2ncnc2c1C. The molecule has 2 fully saturated rings. The predicted molar refractivity (Wildman–Crippen MR) is 141 cm³/mol. The summed E-state index contributed by atoms with van der Waals surface area (Å²) in [5, 5.41) is 5.81. The highest BCUT2D eigenvalue weighted by molar-refractivity contribution is 5.92. The van der Waals surface area contributed by atoms with Crippen molar-refractivity contribution in [2.24, 2.45) is 0 Å². The molecule has 184 valence electrons. The number of morpholine rings is 1. The number of nitrogens with zero attached hydrogens (tertiary/aromatic N) is 4. The third-order valence-electron chi connectivity index (χ3n) is 8.57. The smallest absolute Gasteiger partial charge is 0.158 e. The molecule has 0 atom stereocenters. The summed E-state index contributed by atoms with van der Waals surface area (Å²) in [7, 11) is 0. The van der Waals surface area contributed by atoms with Crippen molar-refractivity contribution in [2.75, 3.05) is 26.3 Å². The molecule has 3 aromatic heterocycles. The van der Waals surface area contributed by atoms with Crippen LogP contribution in [0, 0.1) is 13.8 Å². The van der Waals surface area contributed by atoms with E-state index in [4.69, 9.17) is 4.74 Å². The number of fused-ring (bicyclic) bond motifs is 2. The van der Waals surface area contributed by atoms with E-state index in [0.717, 1.165) is 38.0 Å². The van der Waals surface area contributed by atoms with Gasteiger partial charge in [0.05, 0.1) is 18.9 Å². The summed E-state index contributed by atoms with van der Waals surface area (Å²) in [6.07, 6.45) is 8.94. The second-order valence-electron chi connectivity index (χ2n) is 10.8. The number of nitrogens with one attached hydrogen (secondary N) is 1. The first-order valence-electron chi connectivity index (χ1n) is 13.3. The van der Waals surface area contributed by atoms with Gasteiger partial charge in [-0.3, -0.25) is 4.90 Å². The zero-order valence-electron chi connectivity index (χ0n) is 21.5. The maximum absolute atomic E-state index is 5.56. The number of rotatable bonds is 4. The highest BCUT2D eigenvalue weighted by Crippen LogP contribution is 2.41. The van der Waals surface area contributed by atoms with E-state index in [9.17, 15) is 0 Å². The lowest BCUT2D eigenvalue weighted by Crippen LogP contribution is -2.44. The second-order valence-corrected chi connectivity index (χ2v) is 10.8. The van der Waals surface area contributed by atoms with Gasteiger partial charge in [-0.2, -0.15) is 5.10 Å². The van der Waals surface area contributed by atoms with Crippen molar-refractivity contribution in [1.82, 2.24) is 24.5 Å². The van der Waals surface area contributed by atoms with E-state index in [1.807, 2.05) is 4.52 Å². The number of hydrogen-bond donors (Lipinski definition) is 1. The van der Waals surface area contributed by atoms with Crippen LogP contribution in [0.25, 0.3) is 27.8 Å². The topological polar surface area (TPSA) is 58.5 Å². The first kappa shape index (κ1) is 22.7. The van der Waals surface area contributed by atoms with Gasteiger partial charge in [-0.05, 0) is 85.8 Å². The minimum absolute atomic E-state index is 0.414. The first-order valence-corrected chi connectivity index (χ1v) is 13.3. The molecule has 1 N–H and O–H groups in total. The molecule has 2 aliphatic rings. The summed E-state index contributed by atoms with van der Waals surface area (Å²) >= 11 is 0. The molecule has 0 bridgehead atoms. The molecule has 6 nitrogen and oxygen atoms in total. The fourth-order valence-corrected chi connectivity index (χ4v) is 6.47. The van der Waals surface area contributed by atoms with Gasteiger partial charge in [0.15, 0.2) is 5.65 Å². The fraction of sp³-hybridized carbons (Fsp3) is 0.517. The average Bonchev–Trinajstić information content (AvgIpc) is 3.51. The molecule has 1 saturated heterocycles. The number of aryl methyl sites for hydroxylation is 1. The molecule has 0 amide bonds. The Bertz CT molecular complexity index is 1350. The van der Waals surface area contributed by atoms with Crippen molar-refractivity contribution in [1.29, 1.82) is 0 Å². The van der Waals surface area contributed by atoms with Crippen LogP contribution < -0.4 is 0 Å². The molecule has 6 rings (SSSR count). The Morgan fingerprint density at radius 1 is 1.03 bits per heavy atom. The Hall–Kier alpha value is -2.70.